The predicted molar refractivity (Wildman–Crippen MR) is 76.1 cm³/mol. The summed E-state index contributed by atoms with van der Waals surface area (Å²) < 4.78 is 10.5. The Balaban J connectivity index is 2.18. The van der Waals surface area contributed by atoms with E-state index in [1.165, 1.54) is 0 Å². The highest BCUT2D eigenvalue weighted by molar-refractivity contribution is 6.32. The number of anilines is 1. The number of pyridine rings is 1. The van der Waals surface area contributed by atoms with Gasteiger partial charge in [-0.3, -0.25) is 4.98 Å². The van der Waals surface area contributed by atoms with E-state index in [-0.39, 0.29) is 0 Å². The molecule has 0 bridgehead atoms. The van der Waals surface area contributed by atoms with Crippen molar-refractivity contribution in [3.8, 4) is 11.5 Å². The smallest absolute Gasteiger partial charge is 0.145 e. The van der Waals surface area contributed by atoms with Crippen LogP contribution in [-0.4, -0.2) is 19.2 Å². The lowest BCUT2D eigenvalue weighted by Gasteiger charge is -2.13. The van der Waals surface area contributed by atoms with Gasteiger partial charge in [0.1, 0.15) is 11.5 Å². The van der Waals surface area contributed by atoms with Gasteiger partial charge in [0.2, 0.25) is 0 Å². The Morgan fingerprint density at radius 2 is 2.00 bits per heavy atom. The average Bonchev–Trinajstić information content (AvgIpc) is 2.46. The summed E-state index contributed by atoms with van der Waals surface area (Å²) in [7, 11) is 3.18. The maximum absolute atomic E-state index is 6.11. The summed E-state index contributed by atoms with van der Waals surface area (Å²) in [5.74, 6) is 1.27. The molecular formula is C14H15ClN2O2. The molecular weight excluding hydrogens is 264 g/mol. The number of aromatic nitrogens is 1. The maximum Gasteiger partial charge on any atom is 0.145 e. The third kappa shape index (κ3) is 3.29. The van der Waals surface area contributed by atoms with E-state index in [0.717, 1.165) is 11.3 Å². The van der Waals surface area contributed by atoms with Crippen LogP contribution >= 0.6 is 11.6 Å². The van der Waals surface area contributed by atoms with Crippen molar-refractivity contribution < 1.29 is 9.47 Å². The monoisotopic (exact) mass is 278 g/mol. The fourth-order valence-corrected chi connectivity index (χ4v) is 1.94. The van der Waals surface area contributed by atoms with Gasteiger partial charge in [0.15, 0.2) is 0 Å². The molecule has 0 fully saturated rings. The number of nitrogens with one attached hydrogen (secondary N) is 1. The molecule has 19 heavy (non-hydrogen) atoms. The number of nitrogens with zero attached hydrogens (tertiary/aromatic N) is 1. The van der Waals surface area contributed by atoms with Crippen molar-refractivity contribution in [3.05, 3.63) is 47.2 Å². The number of hydrogen-bond acceptors (Lipinski definition) is 4. The zero-order chi connectivity index (χ0) is 13.7. The number of halogens is 1. The Hall–Kier alpha value is -1.94. The number of rotatable bonds is 5. The molecule has 2 aromatic rings. The molecule has 1 N–H and O–H groups in total. The molecule has 0 aliphatic rings. The van der Waals surface area contributed by atoms with Crippen molar-refractivity contribution in [2.45, 2.75) is 6.54 Å². The van der Waals surface area contributed by atoms with E-state index in [4.69, 9.17) is 21.1 Å². The molecule has 4 nitrogen and oxygen atoms in total. The second-order valence-electron chi connectivity index (χ2n) is 3.90. The van der Waals surface area contributed by atoms with Gasteiger partial charge in [-0.25, -0.2) is 0 Å². The van der Waals surface area contributed by atoms with Crippen molar-refractivity contribution >= 4 is 17.3 Å². The van der Waals surface area contributed by atoms with Gasteiger partial charge in [-0.15, -0.1) is 0 Å². The Morgan fingerprint density at radius 3 is 2.63 bits per heavy atom. The van der Waals surface area contributed by atoms with Crippen LogP contribution in [0.15, 0.2) is 36.7 Å². The predicted octanol–water partition coefficient (Wildman–Crippen LogP) is 3.36. The number of benzene rings is 1. The van der Waals surface area contributed by atoms with Crippen molar-refractivity contribution in [1.82, 2.24) is 4.98 Å². The molecule has 0 saturated carbocycles. The molecule has 0 atom stereocenters. The first-order chi connectivity index (χ1) is 9.24. The molecule has 1 heterocycles. The quantitative estimate of drug-likeness (QED) is 0.911. The number of ether oxygens (including phenoxy) is 2. The normalized spacial score (nSPS) is 10.1. The topological polar surface area (TPSA) is 43.4 Å². The molecule has 2 rings (SSSR count). The van der Waals surface area contributed by atoms with Gasteiger partial charge >= 0.3 is 0 Å². The summed E-state index contributed by atoms with van der Waals surface area (Å²) in [5, 5.41) is 3.81. The minimum atomic E-state index is 0.539. The fraction of sp³-hybridized carbons (Fsp3) is 0.214. The van der Waals surface area contributed by atoms with Crippen LogP contribution < -0.4 is 14.8 Å². The van der Waals surface area contributed by atoms with E-state index in [9.17, 15) is 0 Å². The summed E-state index contributed by atoms with van der Waals surface area (Å²) in [4.78, 5) is 4.07. The zero-order valence-corrected chi connectivity index (χ0v) is 11.6. The Kier molecular flexibility index (Phi) is 4.47. The first-order valence-electron chi connectivity index (χ1n) is 5.79. The maximum atomic E-state index is 6.11. The van der Waals surface area contributed by atoms with Crippen LogP contribution in [0.3, 0.4) is 0 Å². The van der Waals surface area contributed by atoms with Crippen molar-refractivity contribution in [1.29, 1.82) is 0 Å². The fourth-order valence-electron chi connectivity index (χ4n) is 1.70. The van der Waals surface area contributed by atoms with Gasteiger partial charge in [0, 0.05) is 25.0 Å². The Labute approximate surface area is 117 Å². The van der Waals surface area contributed by atoms with Crippen molar-refractivity contribution in [3.63, 3.8) is 0 Å². The van der Waals surface area contributed by atoms with Crippen molar-refractivity contribution in [2.75, 3.05) is 19.5 Å². The van der Waals surface area contributed by atoms with E-state index in [0.29, 0.717) is 23.1 Å². The molecule has 1 aromatic heterocycles. The average molecular weight is 279 g/mol. The van der Waals surface area contributed by atoms with Crippen LogP contribution in [0.1, 0.15) is 5.56 Å². The van der Waals surface area contributed by atoms with E-state index < -0.39 is 0 Å². The molecule has 0 radical (unpaired) electrons. The summed E-state index contributed by atoms with van der Waals surface area (Å²) in [6, 6.07) is 7.44. The van der Waals surface area contributed by atoms with Gasteiger partial charge in [0.05, 0.1) is 24.9 Å². The summed E-state index contributed by atoms with van der Waals surface area (Å²) in [6.07, 6.45) is 3.55. The van der Waals surface area contributed by atoms with Crippen LogP contribution in [0.5, 0.6) is 11.5 Å². The van der Waals surface area contributed by atoms with Crippen LogP contribution in [0.2, 0.25) is 5.02 Å². The van der Waals surface area contributed by atoms with Gasteiger partial charge in [-0.2, -0.15) is 0 Å². The number of hydrogen-bond donors (Lipinski definition) is 1. The van der Waals surface area contributed by atoms with Gasteiger partial charge in [-0.1, -0.05) is 17.7 Å². The molecule has 5 heteroatoms. The highest BCUT2D eigenvalue weighted by Gasteiger charge is 2.09. The van der Waals surface area contributed by atoms with Crippen LogP contribution in [0.4, 0.5) is 5.69 Å². The lowest BCUT2D eigenvalue weighted by Crippen LogP contribution is -2.02. The van der Waals surface area contributed by atoms with Gasteiger partial charge < -0.3 is 14.8 Å². The van der Waals surface area contributed by atoms with E-state index in [1.807, 2.05) is 18.3 Å². The molecule has 0 amide bonds. The molecule has 0 aliphatic carbocycles. The summed E-state index contributed by atoms with van der Waals surface area (Å²) in [6.45, 7) is 0.646. The Bertz CT molecular complexity index is 547. The molecule has 0 aliphatic heterocycles. The lowest BCUT2D eigenvalue weighted by atomic mass is 10.2. The van der Waals surface area contributed by atoms with Crippen molar-refractivity contribution in [2.24, 2.45) is 0 Å². The third-order valence-electron chi connectivity index (χ3n) is 2.68. The van der Waals surface area contributed by atoms with E-state index in [1.54, 1.807) is 32.5 Å². The molecule has 0 unspecified atom stereocenters. The minimum Gasteiger partial charge on any atom is -0.495 e. The number of methoxy groups -OCH3 is 2. The van der Waals surface area contributed by atoms with E-state index in [2.05, 4.69) is 10.3 Å². The van der Waals surface area contributed by atoms with E-state index >= 15 is 0 Å². The third-order valence-corrected chi connectivity index (χ3v) is 2.98. The highest BCUT2D eigenvalue weighted by Crippen LogP contribution is 2.35. The minimum absolute atomic E-state index is 0.539. The van der Waals surface area contributed by atoms with Crippen LogP contribution in [0, 0.1) is 0 Å². The van der Waals surface area contributed by atoms with Crippen LogP contribution in [-0.2, 0) is 6.54 Å². The molecule has 100 valence electrons. The standard InChI is InChI=1S/C14H15ClN2O2/c1-18-13-7-14(19-2)12(6-11(13)15)17-9-10-4-3-5-16-8-10/h3-8,17H,9H2,1-2H3. The molecule has 0 saturated heterocycles. The SMILES string of the molecule is COc1cc(OC)c(NCc2cccnc2)cc1Cl. The summed E-state index contributed by atoms with van der Waals surface area (Å²) >= 11 is 6.11. The largest absolute Gasteiger partial charge is 0.495 e. The first-order valence-corrected chi connectivity index (χ1v) is 6.16. The second kappa shape index (κ2) is 6.29. The van der Waals surface area contributed by atoms with Gasteiger partial charge in [-0.05, 0) is 17.7 Å². The lowest BCUT2D eigenvalue weighted by molar-refractivity contribution is 0.395. The molecule has 1 aromatic carbocycles. The summed E-state index contributed by atoms with van der Waals surface area (Å²) in [5.41, 5.74) is 1.90. The van der Waals surface area contributed by atoms with Gasteiger partial charge in [0.25, 0.3) is 0 Å². The first kappa shape index (κ1) is 13.5. The second-order valence-corrected chi connectivity index (χ2v) is 4.31. The van der Waals surface area contributed by atoms with Crippen LogP contribution in [0.25, 0.3) is 0 Å². The Morgan fingerprint density at radius 1 is 1.21 bits per heavy atom. The zero-order valence-electron chi connectivity index (χ0n) is 10.8. The molecule has 0 spiro atoms. The highest BCUT2D eigenvalue weighted by atomic mass is 35.5.